The summed E-state index contributed by atoms with van der Waals surface area (Å²) in [5, 5.41) is 0.565. The summed E-state index contributed by atoms with van der Waals surface area (Å²) in [4.78, 5) is 11.3. The molecule has 1 rings (SSSR count). The monoisotopic (exact) mass is 273 g/mol. The molecule has 0 spiro atoms. The highest BCUT2D eigenvalue weighted by Gasteiger charge is 2.12. The zero-order valence-corrected chi connectivity index (χ0v) is 11.8. The van der Waals surface area contributed by atoms with E-state index in [2.05, 4.69) is 16.0 Å². The van der Waals surface area contributed by atoms with E-state index in [0.29, 0.717) is 10.6 Å². The number of halogens is 1. The summed E-state index contributed by atoms with van der Waals surface area (Å²) >= 11 is 7.79. The first-order valence-corrected chi connectivity index (χ1v) is 6.89. The summed E-state index contributed by atoms with van der Waals surface area (Å²) in [7, 11) is 1.36. The number of ether oxygens (including phenoxy) is 1. The fraction of sp³-hybridized carbons (Fsp3) is 0.417. The van der Waals surface area contributed by atoms with Gasteiger partial charge in [0.1, 0.15) is 0 Å². The minimum Gasteiger partial charge on any atom is -0.465 e. The fourth-order valence-electron chi connectivity index (χ4n) is 1.47. The van der Waals surface area contributed by atoms with Crippen molar-refractivity contribution in [2.45, 2.75) is 13.3 Å². The van der Waals surface area contributed by atoms with E-state index in [-0.39, 0.29) is 5.97 Å². The molecule has 0 saturated heterocycles. The maximum atomic E-state index is 11.3. The first-order chi connectivity index (χ1) is 8.13. The standard InChI is InChI=1S/C12H16ClNO2S/c1-4-7-14(17-3)11-6-5-9(8-10(11)13)12(15)16-2/h5-6,8H,4,7H2,1-3H3. The van der Waals surface area contributed by atoms with Gasteiger partial charge in [-0.2, -0.15) is 0 Å². The largest absolute Gasteiger partial charge is 0.465 e. The van der Waals surface area contributed by atoms with Crippen molar-refractivity contribution in [3.8, 4) is 0 Å². The molecule has 3 nitrogen and oxygen atoms in total. The van der Waals surface area contributed by atoms with Gasteiger partial charge in [-0.25, -0.2) is 4.79 Å². The highest BCUT2D eigenvalue weighted by atomic mass is 35.5. The van der Waals surface area contributed by atoms with Gasteiger partial charge in [-0.15, -0.1) is 0 Å². The highest BCUT2D eigenvalue weighted by Crippen LogP contribution is 2.30. The van der Waals surface area contributed by atoms with Gasteiger partial charge in [0.2, 0.25) is 0 Å². The van der Waals surface area contributed by atoms with Crippen molar-refractivity contribution in [3.05, 3.63) is 28.8 Å². The molecule has 1 aromatic carbocycles. The van der Waals surface area contributed by atoms with Gasteiger partial charge in [-0.1, -0.05) is 30.5 Å². The van der Waals surface area contributed by atoms with E-state index in [4.69, 9.17) is 11.6 Å². The first-order valence-electron chi connectivity index (χ1n) is 5.33. The number of methoxy groups -OCH3 is 1. The molecule has 94 valence electrons. The number of hydrogen-bond donors (Lipinski definition) is 0. The van der Waals surface area contributed by atoms with Crippen LogP contribution in [0.3, 0.4) is 0 Å². The van der Waals surface area contributed by atoms with Crippen molar-refractivity contribution in [3.63, 3.8) is 0 Å². The molecule has 0 bridgehead atoms. The number of benzene rings is 1. The van der Waals surface area contributed by atoms with E-state index in [9.17, 15) is 4.79 Å². The molecular formula is C12H16ClNO2S. The molecule has 0 aliphatic heterocycles. The molecule has 0 N–H and O–H groups in total. The molecular weight excluding hydrogens is 258 g/mol. The zero-order chi connectivity index (χ0) is 12.8. The van der Waals surface area contributed by atoms with Gasteiger partial charge < -0.3 is 9.04 Å². The quantitative estimate of drug-likeness (QED) is 0.605. The Balaban J connectivity index is 2.99. The van der Waals surface area contributed by atoms with Gasteiger partial charge in [0.15, 0.2) is 0 Å². The van der Waals surface area contributed by atoms with Gasteiger partial charge in [-0.3, -0.25) is 0 Å². The second-order valence-electron chi connectivity index (χ2n) is 3.44. The average molecular weight is 274 g/mol. The van der Waals surface area contributed by atoms with Crippen LogP contribution in [0.1, 0.15) is 23.7 Å². The Bertz CT molecular complexity index is 398. The van der Waals surface area contributed by atoms with Crippen molar-refractivity contribution in [1.29, 1.82) is 0 Å². The summed E-state index contributed by atoms with van der Waals surface area (Å²) in [6.07, 6.45) is 3.04. The molecule has 0 aliphatic rings. The van der Waals surface area contributed by atoms with Crippen LogP contribution in [0.25, 0.3) is 0 Å². The summed E-state index contributed by atoms with van der Waals surface area (Å²) in [5.74, 6) is -0.371. The van der Waals surface area contributed by atoms with Crippen LogP contribution >= 0.6 is 23.5 Å². The molecule has 0 amide bonds. The molecule has 0 fully saturated rings. The summed E-state index contributed by atoms with van der Waals surface area (Å²) in [6, 6.07) is 5.22. The van der Waals surface area contributed by atoms with Gasteiger partial charge in [-0.05, 0) is 24.6 Å². The van der Waals surface area contributed by atoms with Crippen LogP contribution in [0.15, 0.2) is 18.2 Å². The number of rotatable bonds is 5. The third-order valence-electron chi connectivity index (χ3n) is 2.28. The van der Waals surface area contributed by atoms with E-state index in [1.54, 1.807) is 24.1 Å². The topological polar surface area (TPSA) is 29.5 Å². The number of esters is 1. The average Bonchev–Trinajstić information content (AvgIpc) is 2.35. The van der Waals surface area contributed by atoms with Crippen molar-refractivity contribution < 1.29 is 9.53 Å². The predicted molar refractivity (Wildman–Crippen MR) is 73.9 cm³/mol. The van der Waals surface area contributed by atoms with Gasteiger partial charge in [0.05, 0.1) is 23.4 Å². The van der Waals surface area contributed by atoms with Crippen LogP contribution in [-0.4, -0.2) is 25.9 Å². The van der Waals surface area contributed by atoms with Crippen LogP contribution in [0.4, 0.5) is 5.69 Å². The van der Waals surface area contributed by atoms with Gasteiger partial charge in [0, 0.05) is 12.8 Å². The number of carbonyl (C=O) groups is 1. The predicted octanol–water partition coefficient (Wildman–Crippen LogP) is 3.62. The molecule has 0 unspecified atom stereocenters. The number of carbonyl (C=O) groups excluding carboxylic acids is 1. The molecule has 0 heterocycles. The third kappa shape index (κ3) is 3.54. The van der Waals surface area contributed by atoms with E-state index < -0.39 is 0 Å². The second-order valence-corrected chi connectivity index (χ2v) is 4.66. The van der Waals surface area contributed by atoms with Gasteiger partial charge >= 0.3 is 5.97 Å². The molecule has 0 saturated carbocycles. The molecule has 5 heteroatoms. The zero-order valence-electron chi connectivity index (χ0n) is 10.2. The lowest BCUT2D eigenvalue weighted by Gasteiger charge is -2.22. The Labute approximate surface area is 111 Å². The molecule has 0 aliphatic carbocycles. The molecule has 1 aromatic rings. The van der Waals surface area contributed by atoms with E-state index in [0.717, 1.165) is 18.7 Å². The van der Waals surface area contributed by atoms with E-state index in [1.807, 2.05) is 12.3 Å². The highest BCUT2D eigenvalue weighted by molar-refractivity contribution is 7.99. The van der Waals surface area contributed by atoms with Crippen LogP contribution in [0.2, 0.25) is 5.02 Å². The van der Waals surface area contributed by atoms with Gasteiger partial charge in [0.25, 0.3) is 0 Å². The van der Waals surface area contributed by atoms with E-state index >= 15 is 0 Å². The lowest BCUT2D eigenvalue weighted by molar-refractivity contribution is 0.0601. The fourth-order valence-corrected chi connectivity index (χ4v) is 2.52. The Morgan fingerprint density at radius 1 is 1.53 bits per heavy atom. The molecule has 0 aromatic heterocycles. The minimum atomic E-state index is -0.371. The van der Waals surface area contributed by atoms with Crippen molar-refractivity contribution in [2.75, 3.05) is 24.2 Å². The molecule has 17 heavy (non-hydrogen) atoms. The molecule has 0 radical (unpaired) electrons. The Morgan fingerprint density at radius 3 is 2.71 bits per heavy atom. The van der Waals surface area contributed by atoms with Crippen LogP contribution in [0, 0.1) is 0 Å². The number of anilines is 1. The maximum Gasteiger partial charge on any atom is 0.337 e. The lowest BCUT2D eigenvalue weighted by Crippen LogP contribution is -2.15. The van der Waals surface area contributed by atoms with Crippen LogP contribution in [0.5, 0.6) is 0 Å². The maximum absolute atomic E-state index is 11.3. The smallest absolute Gasteiger partial charge is 0.337 e. The summed E-state index contributed by atoms with van der Waals surface area (Å²) in [5.41, 5.74) is 1.40. The Hall–Kier alpha value is -0.870. The summed E-state index contributed by atoms with van der Waals surface area (Å²) in [6.45, 7) is 3.03. The normalized spacial score (nSPS) is 10.1. The first kappa shape index (κ1) is 14.2. The minimum absolute atomic E-state index is 0.371. The molecule has 0 atom stereocenters. The van der Waals surface area contributed by atoms with Crippen molar-refractivity contribution in [2.24, 2.45) is 0 Å². The van der Waals surface area contributed by atoms with Crippen LogP contribution < -0.4 is 4.31 Å². The second kappa shape index (κ2) is 6.77. The van der Waals surface area contributed by atoms with Crippen molar-refractivity contribution >= 4 is 35.2 Å². The Morgan fingerprint density at radius 2 is 2.24 bits per heavy atom. The summed E-state index contributed by atoms with van der Waals surface area (Å²) < 4.78 is 6.75. The van der Waals surface area contributed by atoms with E-state index in [1.165, 1.54) is 7.11 Å². The number of hydrogen-bond acceptors (Lipinski definition) is 4. The lowest BCUT2D eigenvalue weighted by atomic mass is 10.2. The van der Waals surface area contributed by atoms with Crippen LogP contribution in [-0.2, 0) is 4.74 Å². The van der Waals surface area contributed by atoms with Crippen molar-refractivity contribution in [1.82, 2.24) is 0 Å². The Kier molecular flexibility index (Phi) is 5.65. The number of nitrogens with zero attached hydrogens (tertiary/aromatic N) is 1. The SMILES string of the molecule is CCCN(SC)c1ccc(C(=O)OC)cc1Cl. The third-order valence-corrected chi connectivity index (χ3v) is 3.41.